The van der Waals surface area contributed by atoms with Crippen LogP contribution in [0.2, 0.25) is 0 Å². The number of ether oxygens (including phenoxy) is 1. The third kappa shape index (κ3) is 4.58. The summed E-state index contributed by atoms with van der Waals surface area (Å²) in [4.78, 5) is 11.2. The van der Waals surface area contributed by atoms with Gasteiger partial charge in [0.25, 0.3) is 0 Å². The molecule has 0 aliphatic rings. The van der Waals surface area contributed by atoms with Gasteiger partial charge in [0.2, 0.25) is 16.2 Å². The van der Waals surface area contributed by atoms with Crippen LogP contribution in [0.15, 0.2) is 83.8 Å². The lowest BCUT2D eigenvalue weighted by Crippen LogP contribution is -2.27. The Morgan fingerprint density at radius 1 is 0.929 bits per heavy atom. The van der Waals surface area contributed by atoms with Crippen LogP contribution in [-0.4, -0.2) is 14.8 Å². The van der Waals surface area contributed by atoms with Crippen LogP contribution in [0.1, 0.15) is 22.1 Å². The second kappa shape index (κ2) is 8.71. The van der Waals surface area contributed by atoms with E-state index in [9.17, 15) is 13.2 Å². The lowest BCUT2D eigenvalue weighted by atomic mass is 10.2. The summed E-state index contributed by atoms with van der Waals surface area (Å²) < 4.78 is 31.7. The number of rotatable bonds is 8. The van der Waals surface area contributed by atoms with Crippen molar-refractivity contribution < 1.29 is 17.9 Å². The number of amides is 1. The average Bonchev–Trinajstić information content (AvgIpc) is 2.72. The van der Waals surface area contributed by atoms with Gasteiger partial charge in [0.05, 0.1) is 4.90 Å². The Morgan fingerprint density at radius 2 is 1.57 bits per heavy atom. The summed E-state index contributed by atoms with van der Waals surface area (Å²) in [7, 11) is -3.78. The van der Waals surface area contributed by atoms with E-state index in [0.717, 1.165) is 11.1 Å². The molecule has 1 atom stereocenters. The minimum absolute atomic E-state index is 0.154. The van der Waals surface area contributed by atoms with E-state index in [1.165, 1.54) is 0 Å². The third-order valence-corrected chi connectivity index (χ3v) is 6.27. The maximum absolute atomic E-state index is 13.0. The van der Waals surface area contributed by atoms with Gasteiger partial charge in [-0.1, -0.05) is 60.2 Å². The van der Waals surface area contributed by atoms with Crippen molar-refractivity contribution in [2.24, 2.45) is 0 Å². The lowest BCUT2D eigenvalue weighted by molar-refractivity contribution is -0.109. The molecule has 3 aromatic rings. The van der Waals surface area contributed by atoms with Crippen molar-refractivity contribution >= 4 is 16.2 Å². The highest BCUT2D eigenvalue weighted by atomic mass is 32.2. The first-order chi connectivity index (χ1) is 13.5. The molecule has 0 spiro atoms. The van der Waals surface area contributed by atoms with E-state index >= 15 is 0 Å². The molecule has 1 amide bonds. The van der Waals surface area contributed by atoms with E-state index in [-0.39, 0.29) is 4.90 Å². The Morgan fingerprint density at radius 3 is 2.18 bits per heavy atom. The maximum atomic E-state index is 13.0. The molecule has 0 aliphatic carbocycles. The van der Waals surface area contributed by atoms with Crippen molar-refractivity contribution in [2.75, 3.05) is 0 Å². The molecule has 0 saturated heterocycles. The summed E-state index contributed by atoms with van der Waals surface area (Å²) in [5, 5.41) is 1.25. The predicted octanol–water partition coefficient (Wildman–Crippen LogP) is 3.79. The van der Waals surface area contributed by atoms with Crippen molar-refractivity contribution in [2.45, 2.75) is 23.8 Å². The molecular weight excluding hydrogens is 374 g/mol. The van der Waals surface area contributed by atoms with Crippen LogP contribution < -0.4 is 10.1 Å². The SMILES string of the molecule is Cc1ccc(S(=O)(=O)C(NC=O)c2ccc(OCc3ccccc3)cc2)cc1. The van der Waals surface area contributed by atoms with Crippen molar-refractivity contribution in [3.8, 4) is 5.75 Å². The van der Waals surface area contributed by atoms with Gasteiger partial charge in [0.15, 0.2) is 5.37 Å². The molecule has 0 saturated carbocycles. The minimum Gasteiger partial charge on any atom is -0.489 e. The monoisotopic (exact) mass is 395 g/mol. The molecule has 0 bridgehead atoms. The fraction of sp³-hybridized carbons (Fsp3) is 0.136. The van der Waals surface area contributed by atoms with Gasteiger partial charge in [0, 0.05) is 0 Å². The first kappa shape index (κ1) is 19.6. The molecule has 3 rings (SSSR count). The number of nitrogens with one attached hydrogen (secondary N) is 1. The predicted molar refractivity (Wildman–Crippen MR) is 108 cm³/mol. The number of hydrogen-bond donors (Lipinski definition) is 1. The summed E-state index contributed by atoms with van der Waals surface area (Å²) in [5.74, 6) is 0.616. The second-order valence-electron chi connectivity index (χ2n) is 6.37. The molecule has 0 aromatic heterocycles. The number of aryl methyl sites for hydroxylation is 1. The van der Waals surface area contributed by atoms with Crippen LogP contribution in [0.25, 0.3) is 0 Å². The maximum Gasteiger partial charge on any atom is 0.208 e. The fourth-order valence-electron chi connectivity index (χ4n) is 2.77. The molecule has 144 valence electrons. The van der Waals surface area contributed by atoms with Crippen LogP contribution in [0, 0.1) is 6.92 Å². The summed E-state index contributed by atoms with van der Waals surface area (Å²) >= 11 is 0. The number of carbonyl (C=O) groups is 1. The molecule has 1 N–H and O–H groups in total. The average molecular weight is 395 g/mol. The van der Waals surface area contributed by atoms with Crippen molar-refractivity contribution in [3.05, 3.63) is 95.6 Å². The van der Waals surface area contributed by atoms with Crippen molar-refractivity contribution in [1.82, 2.24) is 5.32 Å². The summed E-state index contributed by atoms with van der Waals surface area (Å²) in [5.41, 5.74) is 2.45. The Balaban J connectivity index is 1.80. The van der Waals surface area contributed by atoms with Crippen LogP contribution in [0.5, 0.6) is 5.75 Å². The van der Waals surface area contributed by atoms with E-state index in [4.69, 9.17) is 4.74 Å². The zero-order valence-corrected chi connectivity index (χ0v) is 16.2. The highest BCUT2D eigenvalue weighted by Gasteiger charge is 2.28. The van der Waals surface area contributed by atoms with Gasteiger partial charge in [-0.25, -0.2) is 8.42 Å². The molecular formula is C22H21NO4S. The van der Waals surface area contributed by atoms with Gasteiger partial charge in [-0.05, 0) is 42.3 Å². The molecule has 6 heteroatoms. The van der Waals surface area contributed by atoms with E-state index in [1.54, 1.807) is 48.5 Å². The van der Waals surface area contributed by atoms with Crippen molar-refractivity contribution in [3.63, 3.8) is 0 Å². The van der Waals surface area contributed by atoms with Gasteiger partial charge < -0.3 is 10.1 Å². The molecule has 1 unspecified atom stereocenters. The van der Waals surface area contributed by atoms with Crippen LogP contribution in [0.4, 0.5) is 0 Å². The third-order valence-electron chi connectivity index (χ3n) is 4.31. The zero-order chi connectivity index (χ0) is 20.0. The Kier molecular flexibility index (Phi) is 6.11. The molecule has 28 heavy (non-hydrogen) atoms. The largest absolute Gasteiger partial charge is 0.489 e. The number of benzene rings is 3. The molecule has 0 aliphatic heterocycles. The lowest BCUT2D eigenvalue weighted by Gasteiger charge is -2.18. The summed E-state index contributed by atoms with van der Waals surface area (Å²) in [6, 6.07) is 23.0. The standard InChI is InChI=1S/C22H21NO4S/c1-17-7-13-21(14-8-17)28(25,26)22(23-16-24)19-9-11-20(12-10-19)27-15-18-5-3-2-4-6-18/h2-14,16,22H,15H2,1H3,(H,23,24). The fourth-order valence-corrected chi connectivity index (χ4v) is 4.31. The molecule has 0 fully saturated rings. The summed E-state index contributed by atoms with van der Waals surface area (Å²) in [6.45, 7) is 2.30. The van der Waals surface area contributed by atoms with Crippen LogP contribution >= 0.6 is 0 Å². The number of sulfone groups is 1. The Bertz CT molecular complexity index is 1010. The smallest absolute Gasteiger partial charge is 0.208 e. The topological polar surface area (TPSA) is 72.5 Å². The highest BCUT2D eigenvalue weighted by Crippen LogP contribution is 2.28. The minimum atomic E-state index is -3.78. The molecule has 0 heterocycles. The van der Waals surface area contributed by atoms with E-state index in [0.29, 0.717) is 24.3 Å². The van der Waals surface area contributed by atoms with E-state index in [1.807, 2.05) is 37.3 Å². The summed E-state index contributed by atoms with van der Waals surface area (Å²) in [6.07, 6.45) is 0.399. The van der Waals surface area contributed by atoms with E-state index in [2.05, 4.69) is 5.32 Å². The quantitative estimate of drug-likeness (QED) is 0.589. The first-order valence-electron chi connectivity index (χ1n) is 8.77. The van der Waals surface area contributed by atoms with Crippen LogP contribution in [-0.2, 0) is 21.2 Å². The van der Waals surface area contributed by atoms with E-state index < -0.39 is 15.2 Å². The van der Waals surface area contributed by atoms with Gasteiger partial charge >= 0.3 is 0 Å². The van der Waals surface area contributed by atoms with Crippen molar-refractivity contribution in [1.29, 1.82) is 0 Å². The molecule has 5 nitrogen and oxygen atoms in total. The Labute approximate surface area is 164 Å². The van der Waals surface area contributed by atoms with Gasteiger partial charge in [-0.15, -0.1) is 0 Å². The molecule has 3 aromatic carbocycles. The second-order valence-corrected chi connectivity index (χ2v) is 8.40. The normalized spacial score (nSPS) is 12.2. The highest BCUT2D eigenvalue weighted by molar-refractivity contribution is 7.91. The van der Waals surface area contributed by atoms with Crippen LogP contribution in [0.3, 0.4) is 0 Å². The zero-order valence-electron chi connectivity index (χ0n) is 15.4. The van der Waals surface area contributed by atoms with Gasteiger partial charge in [0.1, 0.15) is 12.4 Å². The first-order valence-corrected chi connectivity index (χ1v) is 10.3. The number of carbonyl (C=O) groups excluding carboxylic acids is 1. The van der Waals surface area contributed by atoms with Gasteiger partial charge in [-0.3, -0.25) is 4.79 Å². The molecule has 0 radical (unpaired) electrons. The Hall–Kier alpha value is -3.12. The number of hydrogen-bond acceptors (Lipinski definition) is 4. The van der Waals surface area contributed by atoms with Gasteiger partial charge in [-0.2, -0.15) is 0 Å².